The zero-order valence-corrected chi connectivity index (χ0v) is 10.3. The Kier molecular flexibility index (Phi) is 3.14. The fourth-order valence-corrected chi connectivity index (χ4v) is 2.70. The lowest BCUT2D eigenvalue weighted by Crippen LogP contribution is -2.45. The summed E-state index contributed by atoms with van der Waals surface area (Å²) in [6, 6.07) is 6.37. The molecule has 1 aliphatic carbocycles. The molecule has 82 valence electrons. The summed E-state index contributed by atoms with van der Waals surface area (Å²) in [5.41, 5.74) is 8.78. The van der Waals surface area contributed by atoms with Crippen molar-refractivity contribution in [2.45, 2.75) is 31.2 Å². The molecule has 1 atom stereocenters. The van der Waals surface area contributed by atoms with Gasteiger partial charge in [-0.2, -0.15) is 0 Å². The molecule has 3 N–H and O–H groups in total. The number of aliphatic hydroxyl groups is 1. The third-order valence-electron chi connectivity index (χ3n) is 3.21. The highest BCUT2D eigenvalue weighted by molar-refractivity contribution is 9.10. The quantitative estimate of drug-likeness (QED) is 0.863. The van der Waals surface area contributed by atoms with Crippen LogP contribution in [-0.4, -0.2) is 17.3 Å². The molecule has 0 fully saturated rings. The van der Waals surface area contributed by atoms with E-state index >= 15 is 0 Å². The molecule has 1 aliphatic rings. The molecule has 1 aromatic rings. The second-order valence-electron chi connectivity index (χ2n) is 4.43. The van der Waals surface area contributed by atoms with Crippen LogP contribution in [0.4, 0.5) is 0 Å². The summed E-state index contributed by atoms with van der Waals surface area (Å²) in [6.45, 7) is 0.183. The molecule has 0 saturated heterocycles. The second kappa shape index (κ2) is 4.24. The standard InChI is InChI=1S/C12H16BrNO/c13-11-2-1-10-8-12(14,5-6-15)4-3-9(10)7-11/h1-2,7,15H,3-6,8,14H2. The lowest BCUT2D eigenvalue weighted by atomic mass is 9.77. The van der Waals surface area contributed by atoms with Crippen LogP contribution in [0, 0.1) is 0 Å². The van der Waals surface area contributed by atoms with Crippen molar-refractivity contribution in [3.63, 3.8) is 0 Å². The van der Waals surface area contributed by atoms with Gasteiger partial charge in [0.15, 0.2) is 0 Å². The van der Waals surface area contributed by atoms with Crippen LogP contribution in [0.2, 0.25) is 0 Å². The lowest BCUT2D eigenvalue weighted by molar-refractivity contribution is 0.225. The van der Waals surface area contributed by atoms with Crippen molar-refractivity contribution in [2.75, 3.05) is 6.61 Å². The van der Waals surface area contributed by atoms with Crippen molar-refractivity contribution in [1.29, 1.82) is 0 Å². The van der Waals surface area contributed by atoms with E-state index in [1.807, 2.05) is 0 Å². The zero-order chi connectivity index (χ0) is 10.9. The first-order chi connectivity index (χ1) is 7.13. The van der Waals surface area contributed by atoms with Gasteiger partial charge in [-0.05, 0) is 48.9 Å². The van der Waals surface area contributed by atoms with E-state index in [1.54, 1.807) is 0 Å². The predicted molar refractivity (Wildman–Crippen MR) is 64.8 cm³/mol. The third kappa shape index (κ3) is 2.41. The Morgan fingerprint density at radius 2 is 2.20 bits per heavy atom. The minimum atomic E-state index is -0.199. The van der Waals surface area contributed by atoms with Crippen molar-refractivity contribution in [3.05, 3.63) is 33.8 Å². The average molecular weight is 270 g/mol. The molecule has 1 unspecified atom stereocenters. The number of fused-ring (bicyclic) bond motifs is 1. The summed E-state index contributed by atoms with van der Waals surface area (Å²) in [6.07, 6.45) is 3.57. The van der Waals surface area contributed by atoms with Gasteiger partial charge in [0, 0.05) is 16.6 Å². The number of benzene rings is 1. The van der Waals surface area contributed by atoms with E-state index in [1.165, 1.54) is 11.1 Å². The molecular weight excluding hydrogens is 254 g/mol. The van der Waals surface area contributed by atoms with Crippen LogP contribution < -0.4 is 5.73 Å². The van der Waals surface area contributed by atoms with Crippen molar-refractivity contribution in [1.82, 2.24) is 0 Å². The molecule has 15 heavy (non-hydrogen) atoms. The molecular formula is C12H16BrNO. The van der Waals surface area contributed by atoms with Gasteiger partial charge in [0.25, 0.3) is 0 Å². The third-order valence-corrected chi connectivity index (χ3v) is 3.71. The zero-order valence-electron chi connectivity index (χ0n) is 8.67. The maximum Gasteiger partial charge on any atom is 0.0448 e. The Morgan fingerprint density at radius 1 is 1.40 bits per heavy atom. The van der Waals surface area contributed by atoms with E-state index in [-0.39, 0.29) is 12.1 Å². The van der Waals surface area contributed by atoms with Crippen LogP contribution >= 0.6 is 15.9 Å². The summed E-state index contributed by atoms with van der Waals surface area (Å²) < 4.78 is 1.13. The monoisotopic (exact) mass is 269 g/mol. The van der Waals surface area contributed by atoms with Gasteiger partial charge in [0.05, 0.1) is 0 Å². The van der Waals surface area contributed by atoms with Crippen LogP contribution in [0.15, 0.2) is 22.7 Å². The summed E-state index contributed by atoms with van der Waals surface area (Å²) in [5.74, 6) is 0. The number of rotatable bonds is 2. The maximum absolute atomic E-state index is 8.99. The molecule has 1 aromatic carbocycles. The first-order valence-corrected chi connectivity index (χ1v) is 6.09. The first kappa shape index (κ1) is 11.1. The van der Waals surface area contributed by atoms with Gasteiger partial charge >= 0.3 is 0 Å². The average Bonchev–Trinajstić information content (AvgIpc) is 2.19. The van der Waals surface area contributed by atoms with E-state index in [0.717, 1.165) is 23.7 Å². The number of aryl methyl sites for hydroxylation is 1. The fraction of sp³-hybridized carbons (Fsp3) is 0.500. The number of halogens is 1. The Bertz CT molecular complexity index is 367. The first-order valence-electron chi connectivity index (χ1n) is 5.30. The number of nitrogens with two attached hydrogens (primary N) is 1. The summed E-state index contributed by atoms with van der Waals surface area (Å²) in [4.78, 5) is 0. The van der Waals surface area contributed by atoms with E-state index in [0.29, 0.717) is 6.42 Å². The molecule has 0 heterocycles. The van der Waals surface area contributed by atoms with E-state index in [4.69, 9.17) is 10.8 Å². The molecule has 3 heteroatoms. The number of hydrogen-bond acceptors (Lipinski definition) is 2. The minimum Gasteiger partial charge on any atom is -0.396 e. The van der Waals surface area contributed by atoms with E-state index < -0.39 is 0 Å². The highest BCUT2D eigenvalue weighted by atomic mass is 79.9. The predicted octanol–water partition coefficient (Wildman–Crippen LogP) is 2.02. The SMILES string of the molecule is NC1(CCO)CCc2cc(Br)ccc2C1. The molecule has 0 aliphatic heterocycles. The van der Waals surface area contributed by atoms with Gasteiger partial charge < -0.3 is 10.8 Å². The highest BCUT2D eigenvalue weighted by Gasteiger charge is 2.29. The Hall–Kier alpha value is -0.380. The Morgan fingerprint density at radius 3 is 2.93 bits per heavy atom. The molecule has 2 nitrogen and oxygen atoms in total. The van der Waals surface area contributed by atoms with E-state index in [9.17, 15) is 0 Å². The van der Waals surface area contributed by atoms with Crippen molar-refractivity contribution < 1.29 is 5.11 Å². The summed E-state index contributed by atoms with van der Waals surface area (Å²) >= 11 is 3.48. The Balaban J connectivity index is 2.23. The molecule has 0 aromatic heterocycles. The molecule has 0 spiro atoms. The summed E-state index contributed by atoms with van der Waals surface area (Å²) in [5, 5.41) is 8.99. The topological polar surface area (TPSA) is 46.2 Å². The minimum absolute atomic E-state index is 0.183. The number of aliphatic hydroxyl groups excluding tert-OH is 1. The van der Waals surface area contributed by atoms with Crippen LogP contribution in [0.1, 0.15) is 24.0 Å². The van der Waals surface area contributed by atoms with Gasteiger partial charge in [-0.25, -0.2) is 0 Å². The lowest BCUT2D eigenvalue weighted by Gasteiger charge is -2.34. The smallest absolute Gasteiger partial charge is 0.0448 e. The van der Waals surface area contributed by atoms with Crippen LogP contribution in [-0.2, 0) is 12.8 Å². The van der Waals surface area contributed by atoms with Gasteiger partial charge in [-0.15, -0.1) is 0 Å². The van der Waals surface area contributed by atoms with Gasteiger partial charge in [0.1, 0.15) is 0 Å². The Labute approximate surface area is 98.6 Å². The summed E-state index contributed by atoms with van der Waals surface area (Å²) in [7, 11) is 0. The van der Waals surface area contributed by atoms with Crippen LogP contribution in [0.25, 0.3) is 0 Å². The molecule has 2 rings (SSSR count). The van der Waals surface area contributed by atoms with Gasteiger partial charge in [-0.1, -0.05) is 22.0 Å². The molecule has 0 saturated carbocycles. The normalized spacial score (nSPS) is 25.0. The molecule has 0 radical (unpaired) electrons. The van der Waals surface area contributed by atoms with Crippen LogP contribution in [0.3, 0.4) is 0 Å². The molecule has 0 amide bonds. The maximum atomic E-state index is 8.99. The second-order valence-corrected chi connectivity index (χ2v) is 5.34. The van der Waals surface area contributed by atoms with Crippen molar-refractivity contribution in [2.24, 2.45) is 5.73 Å². The van der Waals surface area contributed by atoms with E-state index in [2.05, 4.69) is 34.1 Å². The van der Waals surface area contributed by atoms with Crippen molar-refractivity contribution >= 4 is 15.9 Å². The molecule has 0 bridgehead atoms. The largest absolute Gasteiger partial charge is 0.396 e. The van der Waals surface area contributed by atoms with Gasteiger partial charge in [0.2, 0.25) is 0 Å². The van der Waals surface area contributed by atoms with Gasteiger partial charge in [-0.3, -0.25) is 0 Å². The van der Waals surface area contributed by atoms with Crippen molar-refractivity contribution in [3.8, 4) is 0 Å². The van der Waals surface area contributed by atoms with Crippen LogP contribution in [0.5, 0.6) is 0 Å². The highest BCUT2D eigenvalue weighted by Crippen LogP contribution is 2.30. The fourth-order valence-electron chi connectivity index (χ4n) is 2.29. The number of hydrogen-bond donors (Lipinski definition) is 2.